The maximum atomic E-state index is 11.5. The molecule has 0 unspecified atom stereocenters. The zero-order valence-corrected chi connectivity index (χ0v) is 14.3. The number of non-ortho nitro benzene ring substituents is 1. The number of ether oxygens (including phenoxy) is 1. The second-order valence-electron chi connectivity index (χ2n) is 5.94. The number of hydrogen-bond donors (Lipinski definition) is 1. The van der Waals surface area contributed by atoms with E-state index in [4.69, 9.17) is 4.74 Å². The number of carboxylic acids is 1. The Hall–Kier alpha value is -3.29. The molecule has 0 saturated carbocycles. The summed E-state index contributed by atoms with van der Waals surface area (Å²) in [6, 6.07) is 11.8. The van der Waals surface area contributed by atoms with Gasteiger partial charge in [0.25, 0.3) is 5.69 Å². The van der Waals surface area contributed by atoms with Gasteiger partial charge in [-0.2, -0.15) is 0 Å². The summed E-state index contributed by atoms with van der Waals surface area (Å²) < 4.78 is 5.16. The van der Waals surface area contributed by atoms with Gasteiger partial charge in [-0.1, -0.05) is 0 Å². The lowest BCUT2D eigenvalue weighted by Gasteiger charge is -2.37. The highest BCUT2D eigenvalue weighted by atomic mass is 16.6. The van der Waals surface area contributed by atoms with Gasteiger partial charge in [-0.15, -0.1) is 0 Å². The molecule has 0 aromatic heterocycles. The van der Waals surface area contributed by atoms with Crippen molar-refractivity contribution in [1.82, 2.24) is 0 Å². The fraction of sp³-hybridized carbons (Fsp3) is 0.278. The predicted octanol–water partition coefficient (Wildman–Crippen LogP) is 2.63. The molecule has 1 fully saturated rings. The number of carboxylic acid groups (broad SMARTS) is 1. The molecule has 0 bridgehead atoms. The molecular weight excluding hydrogens is 338 g/mol. The summed E-state index contributed by atoms with van der Waals surface area (Å²) in [4.78, 5) is 26.0. The van der Waals surface area contributed by atoms with Gasteiger partial charge in [0.2, 0.25) is 0 Å². The molecule has 0 aliphatic carbocycles. The fourth-order valence-corrected chi connectivity index (χ4v) is 3.08. The molecule has 2 aromatic carbocycles. The first kappa shape index (κ1) is 17.5. The summed E-state index contributed by atoms with van der Waals surface area (Å²) in [5.41, 5.74) is 1.32. The molecule has 1 aliphatic heterocycles. The number of methoxy groups -OCH3 is 1. The van der Waals surface area contributed by atoms with Gasteiger partial charge in [-0.25, -0.2) is 4.79 Å². The number of benzene rings is 2. The standard InChI is InChI=1S/C18H19N3O5/c1-26-15-5-2-13(3-6-15)19-8-10-20(11-9-19)17-7-4-14(21(24)25)12-16(17)18(22)23/h2-7,12H,8-11H2,1H3,(H,22,23). The smallest absolute Gasteiger partial charge is 0.338 e. The van der Waals surface area contributed by atoms with Crippen LogP contribution in [0.25, 0.3) is 0 Å². The Labute approximate surface area is 150 Å². The van der Waals surface area contributed by atoms with Crippen LogP contribution in [0.2, 0.25) is 0 Å². The summed E-state index contributed by atoms with van der Waals surface area (Å²) in [6.45, 7) is 2.71. The SMILES string of the molecule is COc1ccc(N2CCN(c3ccc([N+](=O)[O-])cc3C(=O)O)CC2)cc1. The molecule has 0 atom stereocenters. The molecule has 136 valence electrons. The third-order valence-electron chi connectivity index (χ3n) is 4.48. The Bertz CT molecular complexity index is 814. The number of nitro groups is 1. The van der Waals surface area contributed by atoms with Crippen molar-refractivity contribution < 1.29 is 19.6 Å². The van der Waals surface area contributed by atoms with E-state index in [1.54, 1.807) is 7.11 Å². The van der Waals surface area contributed by atoms with Gasteiger partial charge in [0.1, 0.15) is 5.75 Å². The molecule has 1 saturated heterocycles. The van der Waals surface area contributed by atoms with Crippen molar-refractivity contribution in [3.05, 3.63) is 58.1 Å². The van der Waals surface area contributed by atoms with Gasteiger partial charge in [-0.05, 0) is 30.3 Å². The van der Waals surface area contributed by atoms with Gasteiger partial charge in [0.15, 0.2) is 0 Å². The van der Waals surface area contributed by atoms with Crippen molar-refractivity contribution in [3.8, 4) is 5.75 Å². The predicted molar refractivity (Wildman–Crippen MR) is 97.5 cm³/mol. The highest BCUT2D eigenvalue weighted by Crippen LogP contribution is 2.28. The molecule has 1 heterocycles. The first-order valence-electron chi connectivity index (χ1n) is 8.15. The van der Waals surface area contributed by atoms with Gasteiger partial charge < -0.3 is 19.6 Å². The molecule has 0 radical (unpaired) electrons. The third-order valence-corrected chi connectivity index (χ3v) is 4.48. The minimum absolute atomic E-state index is 0.0444. The summed E-state index contributed by atoms with van der Waals surface area (Å²) >= 11 is 0. The molecule has 8 nitrogen and oxygen atoms in total. The lowest BCUT2D eigenvalue weighted by molar-refractivity contribution is -0.384. The summed E-state index contributed by atoms with van der Waals surface area (Å²) in [5, 5.41) is 20.3. The lowest BCUT2D eigenvalue weighted by atomic mass is 10.1. The van der Waals surface area contributed by atoms with Crippen LogP contribution in [0.5, 0.6) is 5.75 Å². The maximum Gasteiger partial charge on any atom is 0.338 e. The fourth-order valence-electron chi connectivity index (χ4n) is 3.08. The van der Waals surface area contributed by atoms with Crippen molar-refractivity contribution >= 4 is 23.0 Å². The van der Waals surface area contributed by atoms with E-state index >= 15 is 0 Å². The van der Waals surface area contributed by atoms with E-state index in [1.807, 2.05) is 29.2 Å². The zero-order valence-electron chi connectivity index (χ0n) is 14.3. The summed E-state index contributed by atoms with van der Waals surface area (Å²) in [7, 11) is 1.62. The van der Waals surface area contributed by atoms with Crippen molar-refractivity contribution in [2.24, 2.45) is 0 Å². The number of aromatic carboxylic acids is 1. The number of rotatable bonds is 5. The molecule has 1 N–H and O–H groups in total. The number of nitro benzene ring substituents is 1. The molecule has 1 aliphatic rings. The van der Waals surface area contributed by atoms with Crippen LogP contribution in [0.4, 0.5) is 17.1 Å². The maximum absolute atomic E-state index is 11.5. The molecule has 3 rings (SSSR count). The highest BCUT2D eigenvalue weighted by molar-refractivity contribution is 5.95. The molecule has 0 spiro atoms. The van der Waals surface area contributed by atoms with E-state index in [2.05, 4.69) is 4.90 Å². The van der Waals surface area contributed by atoms with E-state index in [9.17, 15) is 20.0 Å². The molecular formula is C18H19N3O5. The highest BCUT2D eigenvalue weighted by Gasteiger charge is 2.23. The summed E-state index contributed by atoms with van der Waals surface area (Å²) in [5.74, 6) is -0.370. The monoisotopic (exact) mass is 357 g/mol. The Morgan fingerprint density at radius 3 is 2.23 bits per heavy atom. The number of hydrogen-bond acceptors (Lipinski definition) is 6. The van der Waals surface area contributed by atoms with Crippen molar-refractivity contribution in [2.75, 3.05) is 43.1 Å². The summed E-state index contributed by atoms with van der Waals surface area (Å²) in [6.07, 6.45) is 0. The largest absolute Gasteiger partial charge is 0.497 e. The number of nitrogens with zero attached hydrogens (tertiary/aromatic N) is 3. The van der Waals surface area contributed by atoms with Crippen molar-refractivity contribution in [3.63, 3.8) is 0 Å². The van der Waals surface area contributed by atoms with Gasteiger partial charge in [0, 0.05) is 44.0 Å². The quantitative estimate of drug-likeness (QED) is 0.649. The Balaban J connectivity index is 1.75. The van der Waals surface area contributed by atoms with Crippen LogP contribution >= 0.6 is 0 Å². The minimum atomic E-state index is -1.17. The number of carbonyl (C=O) groups is 1. The normalized spacial score (nSPS) is 14.2. The van der Waals surface area contributed by atoms with Gasteiger partial charge in [-0.3, -0.25) is 10.1 Å². The van der Waals surface area contributed by atoms with Crippen molar-refractivity contribution in [1.29, 1.82) is 0 Å². The first-order valence-corrected chi connectivity index (χ1v) is 8.15. The van der Waals surface area contributed by atoms with Gasteiger partial charge in [0.05, 0.1) is 23.3 Å². The van der Waals surface area contributed by atoms with E-state index < -0.39 is 10.9 Å². The van der Waals surface area contributed by atoms with Crippen LogP contribution in [0.3, 0.4) is 0 Å². The number of anilines is 2. The zero-order chi connectivity index (χ0) is 18.7. The second-order valence-corrected chi connectivity index (χ2v) is 5.94. The molecule has 0 amide bonds. The van der Waals surface area contributed by atoms with Crippen LogP contribution < -0.4 is 14.5 Å². The third kappa shape index (κ3) is 3.53. The van der Waals surface area contributed by atoms with E-state index in [0.29, 0.717) is 18.8 Å². The van der Waals surface area contributed by atoms with E-state index in [0.717, 1.165) is 30.6 Å². The van der Waals surface area contributed by atoms with E-state index in [-0.39, 0.29) is 11.3 Å². The molecule has 8 heteroatoms. The second kappa shape index (κ2) is 7.30. The number of piperazine rings is 1. The minimum Gasteiger partial charge on any atom is -0.497 e. The van der Waals surface area contributed by atoms with Crippen LogP contribution in [0, 0.1) is 10.1 Å². The van der Waals surface area contributed by atoms with Gasteiger partial charge >= 0.3 is 5.97 Å². The molecule has 2 aromatic rings. The van der Waals surface area contributed by atoms with Crippen LogP contribution in [-0.4, -0.2) is 49.3 Å². The van der Waals surface area contributed by atoms with Crippen LogP contribution in [-0.2, 0) is 0 Å². The molecule has 26 heavy (non-hydrogen) atoms. The average Bonchev–Trinajstić information content (AvgIpc) is 2.67. The Morgan fingerprint density at radius 1 is 1.08 bits per heavy atom. The first-order chi connectivity index (χ1) is 12.5. The lowest BCUT2D eigenvalue weighted by Crippen LogP contribution is -2.47. The van der Waals surface area contributed by atoms with Crippen LogP contribution in [0.1, 0.15) is 10.4 Å². The van der Waals surface area contributed by atoms with Crippen molar-refractivity contribution in [2.45, 2.75) is 0 Å². The van der Waals surface area contributed by atoms with E-state index in [1.165, 1.54) is 12.1 Å². The average molecular weight is 357 g/mol. The van der Waals surface area contributed by atoms with Crippen LogP contribution in [0.15, 0.2) is 42.5 Å². The topological polar surface area (TPSA) is 96.1 Å². The Morgan fingerprint density at radius 2 is 1.69 bits per heavy atom. The Kier molecular flexibility index (Phi) is 4.92.